The van der Waals surface area contributed by atoms with Gasteiger partial charge in [-0.05, 0) is 56.0 Å². The number of rotatable bonds is 6. The number of para-hydroxylation sites is 1. The molecule has 1 aliphatic carbocycles. The van der Waals surface area contributed by atoms with Crippen molar-refractivity contribution in [2.75, 3.05) is 19.0 Å². The van der Waals surface area contributed by atoms with Crippen molar-refractivity contribution in [3.05, 3.63) is 60.7 Å². The summed E-state index contributed by atoms with van der Waals surface area (Å²) in [6.07, 6.45) is 8.16. The van der Waals surface area contributed by atoms with Crippen LogP contribution < -0.4 is 20.1 Å². The molecule has 1 saturated carbocycles. The van der Waals surface area contributed by atoms with Gasteiger partial charge in [-0.2, -0.15) is 0 Å². The Hall–Kier alpha value is -4.12. The standard InChI is InChI=1S/C32H36N4O6S/c1-41-22-14-15-24-27(17-22)43-31(34-24)42-23-16-26-28(37)35-32(30(39)40)18-20(32)10-6-3-2-4-9-13-25(29(38)36(26)19-23)33-21-11-7-5-8-12-21/h5-8,10-12,14-15,17,20,23,25-26,33H,2-4,9,13,16,18-19H2,1H3,(H,35,37)(H,39,40)/b10-6-/t20-,23-,25+,26+,32-/m1/s1. The number of nitrogens with one attached hydrogen (secondary N) is 2. The molecule has 1 saturated heterocycles. The van der Waals surface area contributed by atoms with Crippen molar-refractivity contribution in [2.24, 2.45) is 5.92 Å². The molecule has 3 N–H and O–H groups in total. The first-order valence-corrected chi connectivity index (χ1v) is 15.6. The molecular formula is C32H36N4O6S. The number of hydrogen-bond acceptors (Lipinski definition) is 8. The number of anilines is 1. The number of benzene rings is 2. The topological polar surface area (TPSA) is 130 Å². The number of aliphatic carboxylic acids is 1. The number of methoxy groups -OCH3 is 1. The smallest absolute Gasteiger partial charge is 0.330 e. The van der Waals surface area contributed by atoms with Crippen LogP contribution in [0.25, 0.3) is 10.2 Å². The summed E-state index contributed by atoms with van der Waals surface area (Å²) in [5.41, 5.74) is 0.242. The van der Waals surface area contributed by atoms with Gasteiger partial charge in [0.05, 0.1) is 23.9 Å². The molecular weight excluding hydrogens is 568 g/mol. The number of ether oxygens (including phenoxy) is 2. The Bertz CT molecular complexity index is 1530. The molecule has 0 unspecified atom stereocenters. The number of amides is 2. The number of allylic oxidation sites excluding steroid dienone is 1. The second-order valence-electron chi connectivity index (χ2n) is 11.5. The lowest BCUT2D eigenvalue weighted by molar-refractivity contribution is -0.145. The van der Waals surface area contributed by atoms with E-state index in [-0.39, 0.29) is 24.8 Å². The molecule has 10 nitrogen and oxygen atoms in total. The second kappa shape index (κ2) is 12.2. The third-order valence-electron chi connectivity index (χ3n) is 8.58. The average molecular weight is 605 g/mol. The van der Waals surface area contributed by atoms with Crippen molar-refractivity contribution in [1.82, 2.24) is 15.2 Å². The van der Waals surface area contributed by atoms with Gasteiger partial charge in [-0.1, -0.05) is 54.5 Å². The van der Waals surface area contributed by atoms with Crippen LogP contribution in [0.15, 0.2) is 60.7 Å². The molecule has 5 atom stereocenters. The number of carboxylic acids is 1. The van der Waals surface area contributed by atoms with Gasteiger partial charge >= 0.3 is 5.97 Å². The van der Waals surface area contributed by atoms with E-state index in [9.17, 15) is 19.5 Å². The van der Waals surface area contributed by atoms with Crippen LogP contribution in [0, 0.1) is 5.92 Å². The highest BCUT2D eigenvalue weighted by molar-refractivity contribution is 7.20. The van der Waals surface area contributed by atoms with Gasteiger partial charge in [0.1, 0.15) is 29.5 Å². The number of carbonyl (C=O) groups excluding carboxylic acids is 2. The number of aromatic nitrogens is 1. The van der Waals surface area contributed by atoms with Gasteiger partial charge in [-0.25, -0.2) is 9.78 Å². The van der Waals surface area contributed by atoms with Gasteiger partial charge in [-0.15, -0.1) is 0 Å². The second-order valence-corrected chi connectivity index (χ2v) is 12.5. The number of carboxylic acid groups (broad SMARTS) is 1. The molecule has 1 aromatic heterocycles. The molecule has 0 bridgehead atoms. The Labute approximate surface area is 254 Å². The molecule has 11 heteroatoms. The Morgan fingerprint density at radius 3 is 2.79 bits per heavy atom. The van der Waals surface area contributed by atoms with E-state index in [0.29, 0.717) is 23.8 Å². The lowest BCUT2D eigenvalue weighted by Crippen LogP contribution is -2.55. The summed E-state index contributed by atoms with van der Waals surface area (Å²) < 4.78 is 12.5. The van der Waals surface area contributed by atoms with Crippen LogP contribution >= 0.6 is 11.3 Å². The quantitative estimate of drug-likeness (QED) is 0.348. The Morgan fingerprint density at radius 1 is 1.16 bits per heavy atom. The predicted molar refractivity (Wildman–Crippen MR) is 163 cm³/mol. The number of thiazole rings is 1. The van der Waals surface area contributed by atoms with Gasteiger partial charge in [0.2, 0.25) is 11.8 Å². The van der Waals surface area contributed by atoms with Gasteiger partial charge < -0.3 is 30.1 Å². The molecule has 2 aromatic carbocycles. The van der Waals surface area contributed by atoms with Crippen LogP contribution in [0.1, 0.15) is 44.9 Å². The van der Waals surface area contributed by atoms with E-state index in [0.717, 1.165) is 41.6 Å². The number of fused-ring (bicyclic) bond motifs is 3. The van der Waals surface area contributed by atoms with Crippen LogP contribution in [-0.2, 0) is 14.4 Å². The molecule has 2 aliphatic heterocycles. The highest BCUT2D eigenvalue weighted by Crippen LogP contribution is 2.45. The predicted octanol–water partition coefficient (Wildman–Crippen LogP) is 4.61. The minimum absolute atomic E-state index is 0.187. The Kier molecular flexibility index (Phi) is 8.25. The van der Waals surface area contributed by atoms with Gasteiger partial charge in [0.15, 0.2) is 0 Å². The molecule has 3 aliphatic rings. The van der Waals surface area contributed by atoms with Crippen molar-refractivity contribution < 1.29 is 29.0 Å². The van der Waals surface area contributed by atoms with E-state index >= 15 is 0 Å². The van der Waals surface area contributed by atoms with Crippen LogP contribution in [0.3, 0.4) is 0 Å². The van der Waals surface area contributed by atoms with Crippen molar-refractivity contribution in [2.45, 2.75) is 68.7 Å². The molecule has 2 fully saturated rings. The zero-order valence-electron chi connectivity index (χ0n) is 24.0. The SMILES string of the molecule is COc1ccc2nc(O[C@@H]3C[C@H]4C(=O)N[C@]5(C(=O)O)C[C@H]5/C=C\CCCCC[C@H](Nc5ccccc5)C(=O)N4C3)sc2c1. The molecule has 6 rings (SSSR count). The summed E-state index contributed by atoms with van der Waals surface area (Å²) in [6, 6.07) is 13.7. The highest BCUT2D eigenvalue weighted by atomic mass is 32.1. The van der Waals surface area contributed by atoms with E-state index in [4.69, 9.17) is 9.47 Å². The molecule has 2 amide bonds. The van der Waals surface area contributed by atoms with Crippen LogP contribution in [0.4, 0.5) is 5.69 Å². The maximum absolute atomic E-state index is 14.2. The lowest BCUT2D eigenvalue weighted by Gasteiger charge is -2.30. The average Bonchev–Trinajstić information content (AvgIpc) is 3.32. The minimum atomic E-state index is -1.35. The molecule has 3 aromatic rings. The van der Waals surface area contributed by atoms with Crippen LogP contribution in [0.5, 0.6) is 10.9 Å². The lowest BCUT2D eigenvalue weighted by atomic mass is 10.0. The minimum Gasteiger partial charge on any atom is -0.497 e. The molecule has 226 valence electrons. The zero-order chi connectivity index (χ0) is 30.0. The largest absolute Gasteiger partial charge is 0.497 e. The first-order valence-electron chi connectivity index (χ1n) is 14.8. The van der Waals surface area contributed by atoms with Crippen molar-refractivity contribution in [1.29, 1.82) is 0 Å². The van der Waals surface area contributed by atoms with Crippen molar-refractivity contribution >= 4 is 45.0 Å². The summed E-state index contributed by atoms with van der Waals surface area (Å²) in [7, 11) is 1.61. The Morgan fingerprint density at radius 2 is 2.00 bits per heavy atom. The Balaban J connectivity index is 1.28. The van der Waals surface area contributed by atoms with E-state index in [2.05, 4.69) is 15.6 Å². The zero-order valence-corrected chi connectivity index (χ0v) is 24.8. The van der Waals surface area contributed by atoms with Crippen LogP contribution in [0.2, 0.25) is 0 Å². The van der Waals surface area contributed by atoms with E-state index in [1.54, 1.807) is 12.0 Å². The van der Waals surface area contributed by atoms with Gasteiger partial charge in [-0.3, -0.25) is 9.59 Å². The fraction of sp³-hybridized carbons (Fsp3) is 0.438. The van der Waals surface area contributed by atoms with E-state index < -0.39 is 35.6 Å². The maximum atomic E-state index is 14.2. The van der Waals surface area contributed by atoms with Crippen molar-refractivity contribution in [3.8, 4) is 10.9 Å². The number of nitrogens with zero attached hydrogens (tertiary/aromatic N) is 2. The fourth-order valence-electron chi connectivity index (χ4n) is 6.09. The fourth-order valence-corrected chi connectivity index (χ4v) is 7.00. The monoisotopic (exact) mass is 604 g/mol. The summed E-state index contributed by atoms with van der Waals surface area (Å²) in [4.78, 5) is 46.5. The van der Waals surface area contributed by atoms with Gasteiger partial charge in [0, 0.05) is 18.0 Å². The molecule has 43 heavy (non-hydrogen) atoms. The highest BCUT2D eigenvalue weighted by Gasteiger charge is 2.61. The molecule has 0 radical (unpaired) electrons. The first-order chi connectivity index (χ1) is 20.9. The van der Waals surface area contributed by atoms with Gasteiger partial charge in [0.25, 0.3) is 5.19 Å². The van der Waals surface area contributed by atoms with E-state index in [1.165, 1.54) is 11.3 Å². The number of hydrogen-bond donors (Lipinski definition) is 3. The maximum Gasteiger partial charge on any atom is 0.330 e. The summed E-state index contributed by atoms with van der Waals surface area (Å²) in [5.74, 6) is -1.29. The molecule has 3 heterocycles. The third-order valence-corrected chi connectivity index (χ3v) is 9.49. The van der Waals surface area contributed by atoms with E-state index in [1.807, 2.05) is 60.7 Å². The summed E-state index contributed by atoms with van der Waals surface area (Å²) in [6.45, 7) is 0.187. The first kappa shape index (κ1) is 29.0. The third kappa shape index (κ3) is 6.17. The molecule has 0 spiro atoms. The number of carbonyl (C=O) groups is 3. The van der Waals surface area contributed by atoms with Crippen molar-refractivity contribution in [3.63, 3.8) is 0 Å². The normalized spacial score (nSPS) is 28.5. The summed E-state index contributed by atoms with van der Waals surface area (Å²) >= 11 is 1.37. The summed E-state index contributed by atoms with van der Waals surface area (Å²) in [5, 5.41) is 16.7. The van der Waals surface area contributed by atoms with Crippen LogP contribution in [-0.4, -0.2) is 70.2 Å².